The Morgan fingerprint density at radius 2 is 2.06 bits per heavy atom. The van der Waals surface area contributed by atoms with E-state index in [2.05, 4.69) is 53.8 Å². The van der Waals surface area contributed by atoms with Gasteiger partial charge in [0.25, 0.3) is 0 Å². The zero-order valence-corrected chi connectivity index (χ0v) is 12.6. The summed E-state index contributed by atoms with van der Waals surface area (Å²) in [6, 6.07) is 8.55. The highest BCUT2D eigenvalue weighted by molar-refractivity contribution is 14.1. The molecule has 1 fully saturated rings. The first-order valence-electron chi connectivity index (χ1n) is 6.58. The minimum Gasteiger partial charge on any atom is -0.390 e. The fourth-order valence-corrected chi connectivity index (χ4v) is 3.31. The molecule has 2 rings (SSSR count). The number of halogens is 1. The van der Waals surface area contributed by atoms with Crippen LogP contribution in [-0.4, -0.2) is 10.7 Å². The fraction of sp³-hybridized carbons (Fsp3) is 0.600. The highest BCUT2D eigenvalue weighted by Crippen LogP contribution is 2.36. The second kappa shape index (κ2) is 5.70. The molecule has 0 aliphatic heterocycles. The minimum atomic E-state index is -0.453. The molecule has 1 aromatic carbocycles. The Morgan fingerprint density at radius 3 is 2.71 bits per heavy atom. The van der Waals surface area contributed by atoms with Crippen LogP contribution in [0.15, 0.2) is 24.3 Å². The lowest BCUT2D eigenvalue weighted by Gasteiger charge is -2.36. The average Bonchev–Trinajstić information content (AvgIpc) is 2.32. The Labute approximate surface area is 118 Å². The van der Waals surface area contributed by atoms with Gasteiger partial charge in [-0.3, -0.25) is 0 Å². The molecule has 1 aliphatic rings. The van der Waals surface area contributed by atoms with Crippen molar-refractivity contribution in [1.82, 2.24) is 0 Å². The van der Waals surface area contributed by atoms with Gasteiger partial charge in [-0.1, -0.05) is 38.3 Å². The largest absolute Gasteiger partial charge is 0.390 e. The maximum absolute atomic E-state index is 10.7. The van der Waals surface area contributed by atoms with Crippen LogP contribution in [0.3, 0.4) is 0 Å². The molecule has 0 bridgehead atoms. The predicted molar refractivity (Wildman–Crippen MR) is 80.1 cm³/mol. The molecule has 2 atom stereocenters. The zero-order valence-electron chi connectivity index (χ0n) is 10.5. The molecule has 2 unspecified atom stereocenters. The van der Waals surface area contributed by atoms with Crippen LogP contribution in [0.25, 0.3) is 0 Å². The van der Waals surface area contributed by atoms with Crippen molar-refractivity contribution in [3.63, 3.8) is 0 Å². The lowest BCUT2D eigenvalue weighted by Crippen LogP contribution is -2.37. The van der Waals surface area contributed by atoms with E-state index in [1.165, 1.54) is 28.4 Å². The Balaban J connectivity index is 2.03. The van der Waals surface area contributed by atoms with Gasteiger partial charge < -0.3 is 5.11 Å². The molecule has 2 heteroatoms. The van der Waals surface area contributed by atoms with Gasteiger partial charge in [0.05, 0.1) is 5.60 Å². The van der Waals surface area contributed by atoms with Gasteiger partial charge in [0, 0.05) is 9.99 Å². The van der Waals surface area contributed by atoms with E-state index in [9.17, 15) is 5.11 Å². The number of hydrogen-bond donors (Lipinski definition) is 1. The number of rotatable bonds is 3. The fourth-order valence-electron chi connectivity index (χ4n) is 2.95. The smallest absolute Gasteiger partial charge is 0.0690 e. The van der Waals surface area contributed by atoms with Crippen LogP contribution in [-0.2, 0) is 6.42 Å². The van der Waals surface area contributed by atoms with E-state index in [1.807, 2.05) is 0 Å². The van der Waals surface area contributed by atoms with Gasteiger partial charge >= 0.3 is 0 Å². The topological polar surface area (TPSA) is 20.2 Å². The average molecular weight is 344 g/mol. The summed E-state index contributed by atoms with van der Waals surface area (Å²) in [5.74, 6) is 0.720. The van der Waals surface area contributed by atoms with Crippen molar-refractivity contribution in [2.24, 2.45) is 5.92 Å². The van der Waals surface area contributed by atoms with Gasteiger partial charge in [-0.2, -0.15) is 0 Å². The Morgan fingerprint density at radius 1 is 1.35 bits per heavy atom. The van der Waals surface area contributed by atoms with E-state index in [-0.39, 0.29) is 0 Å². The molecule has 0 saturated heterocycles. The highest BCUT2D eigenvalue weighted by atomic mass is 127. The minimum absolute atomic E-state index is 0.453. The molecular formula is C15H21IO. The first kappa shape index (κ1) is 13.3. The third kappa shape index (κ3) is 3.68. The molecular weight excluding hydrogens is 323 g/mol. The summed E-state index contributed by atoms with van der Waals surface area (Å²) in [6.07, 6.45) is 6.45. The van der Waals surface area contributed by atoms with Crippen LogP contribution in [0.5, 0.6) is 0 Å². The van der Waals surface area contributed by atoms with E-state index in [0.717, 1.165) is 25.2 Å². The summed E-state index contributed by atoms with van der Waals surface area (Å²) in [4.78, 5) is 0. The van der Waals surface area contributed by atoms with Gasteiger partial charge in [-0.05, 0) is 59.0 Å². The SMILES string of the molecule is CCC1CCCC(O)(Cc2ccc(I)cc2)C1. The zero-order chi connectivity index (χ0) is 12.3. The van der Waals surface area contributed by atoms with Crippen molar-refractivity contribution >= 4 is 22.6 Å². The van der Waals surface area contributed by atoms with Crippen molar-refractivity contribution in [1.29, 1.82) is 0 Å². The van der Waals surface area contributed by atoms with E-state index in [4.69, 9.17) is 0 Å². The normalized spacial score (nSPS) is 29.2. The van der Waals surface area contributed by atoms with E-state index < -0.39 is 5.60 Å². The lowest BCUT2D eigenvalue weighted by atomic mass is 9.74. The predicted octanol–water partition coefficient (Wildman–Crippen LogP) is 4.17. The van der Waals surface area contributed by atoms with Crippen LogP contribution in [0.2, 0.25) is 0 Å². The van der Waals surface area contributed by atoms with Crippen molar-refractivity contribution in [2.45, 2.75) is 51.0 Å². The van der Waals surface area contributed by atoms with Crippen LogP contribution < -0.4 is 0 Å². The molecule has 0 radical (unpaired) electrons. The summed E-state index contributed by atoms with van der Waals surface area (Å²) in [5, 5.41) is 10.7. The molecule has 0 aromatic heterocycles. The third-order valence-corrected chi connectivity index (χ3v) is 4.67. The summed E-state index contributed by atoms with van der Waals surface area (Å²) in [5.41, 5.74) is 0.816. The third-order valence-electron chi connectivity index (χ3n) is 3.95. The van der Waals surface area contributed by atoms with Crippen molar-refractivity contribution in [3.05, 3.63) is 33.4 Å². The van der Waals surface area contributed by atoms with Crippen molar-refractivity contribution in [3.8, 4) is 0 Å². The molecule has 1 aromatic rings. The summed E-state index contributed by atoms with van der Waals surface area (Å²) < 4.78 is 1.26. The number of hydrogen-bond acceptors (Lipinski definition) is 1. The summed E-state index contributed by atoms with van der Waals surface area (Å²) >= 11 is 2.32. The Kier molecular flexibility index (Phi) is 4.47. The molecule has 1 aliphatic carbocycles. The van der Waals surface area contributed by atoms with Gasteiger partial charge in [-0.15, -0.1) is 0 Å². The standard InChI is InChI=1S/C15H21IO/c1-2-12-4-3-9-15(17,10-12)11-13-5-7-14(16)8-6-13/h5-8,12,17H,2-4,9-11H2,1H3. The van der Waals surface area contributed by atoms with E-state index in [0.29, 0.717) is 0 Å². The lowest BCUT2D eigenvalue weighted by molar-refractivity contribution is -0.0161. The molecule has 1 nitrogen and oxygen atoms in total. The second-order valence-electron chi connectivity index (χ2n) is 5.40. The van der Waals surface area contributed by atoms with Crippen LogP contribution >= 0.6 is 22.6 Å². The Bertz CT molecular complexity index is 360. The quantitative estimate of drug-likeness (QED) is 0.817. The summed E-state index contributed by atoms with van der Waals surface area (Å²) in [6.45, 7) is 2.24. The maximum atomic E-state index is 10.7. The van der Waals surface area contributed by atoms with Crippen LogP contribution in [0, 0.1) is 9.49 Å². The van der Waals surface area contributed by atoms with E-state index >= 15 is 0 Å². The molecule has 1 saturated carbocycles. The first-order valence-corrected chi connectivity index (χ1v) is 7.66. The number of benzene rings is 1. The Hall–Kier alpha value is -0.0900. The van der Waals surface area contributed by atoms with E-state index in [1.54, 1.807) is 0 Å². The van der Waals surface area contributed by atoms with Gasteiger partial charge in [0.15, 0.2) is 0 Å². The molecule has 0 heterocycles. The van der Waals surface area contributed by atoms with Gasteiger partial charge in [-0.25, -0.2) is 0 Å². The van der Waals surface area contributed by atoms with Crippen LogP contribution in [0.4, 0.5) is 0 Å². The monoisotopic (exact) mass is 344 g/mol. The highest BCUT2D eigenvalue weighted by Gasteiger charge is 2.33. The van der Waals surface area contributed by atoms with Gasteiger partial charge in [0.2, 0.25) is 0 Å². The van der Waals surface area contributed by atoms with Gasteiger partial charge in [0.1, 0.15) is 0 Å². The first-order chi connectivity index (χ1) is 8.11. The maximum Gasteiger partial charge on any atom is 0.0690 e. The molecule has 0 spiro atoms. The number of aliphatic hydroxyl groups is 1. The van der Waals surface area contributed by atoms with Crippen LogP contribution in [0.1, 0.15) is 44.6 Å². The molecule has 17 heavy (non-hydrogen) atoms. The summed E-state index contributed by atoms with van der Waals surface area (Å²) in [7, 11) is 0. The van der Waals surface area contributed by atoms with Crippen molar-refractivity contribution in [2.75, 3.05) is 0 Å². The molecule has 94 valence electrons. The second-order valence-corrected chi connectivity index (χ2v) is 6.64. The molecule has 1 N–H and O–H groups in total. The molecule has 0 amide bonds. The van der Waals surface area contributed by atoms with Crippen molar-refractivity contribution < 1.29 is 5.11 Å².